The first-order valence-electron chi connectivity index (χ1n) is 9.20. The summed E-state index contributed by atoms with van der Waals surface area (Å²) in [6.45, 7) is 5.18. The summed E-state index contributed by atoms with van der Waals surface area (Å²) in [5.74, 6) is 0.144. The number of benzene rings is 2. The number of carbonyl (C=O) groups excluding carboxylic acids is 3. The van der Waals surface area contributed by atoms with Crippen LogP contribution in [0.5, 0.6) is 11.5 Å². The Labute approximate surface area is 167 Å². The van der Waals surface area contributed by atoms with Crippen LogP contribution in [0.25, 0.3) is 0 Å². The van der Waals surface area contributed by atoms with E-state index in [9.17, 15) is 14.4 Å². The van der Waals surface area contributed by atoms with Gasteiger partial charge in [-0.25, -0.2) is 4.79 Å². The van der Waals surface area contributed by atoms with Crippen LogP contribution in [-0.4, -0.2) is 36.1 Å². The van der Waals surface area contributed by atoms with Crippen molar-refractivity contribution in [3.05, 3.63) is 53.1 Å². The standard InChI is InChI=1S/C21H21N3O5/c1-12-5-4-6-15(13(12)2)22-18(25)10-24-19(26)21(3,23-20(24)27)14-7-8-16-17(9-14)29-11-28-16/h4-9H,10-11H2,1-3H3,(H,22,25)(H,23,27)/t21-/m1/s1. The van der Waals surface area contributed by atoms with Gasteiger partial charge in [-0.1, -0.05) is 18.2 Å². The van der Waals surface area contributed by atoms with Crippen molar-refractivity contribution < 1.29 is 23.9 Å². The smallest absolute Gasteiger partial charge is 0.325 e. The fraction of sp³-hybridized carbons (Fsp3) is 0.286. The first kappa shape index (κ1) is 18.8. The number of hydrogen-bond donors (Lipinski definition) is 2. The lowest BCUT2D eigenvalue weighted by molar-refractivity contribution is -0.133. The van der Waals surface area contributed by atoms with E-state index in [2.05, 4.69) is 10.6 Å². The summed E-state index contributed by atoms with van der Waals surface area (Å²) in [5.41, 5.74) is 1.88. The predicted molar refractivity (Wildman–Crippen MR) is 105 cm³/mol. The number of rotatable bonds is 4. The molecule has 0 aliphatic carbocycles. The van der Waals surface area contributed by atoms with Crippen LogP contribution in [0.15, 0.2) is 36.4 Å². The molecule has 0 saturated carbocycles. The number of nitrogens with zero attached hydrogens (tertiary/aromatic N) is 1. The number of fused-ring (bicyclic) bond motifs is 1. The van der Waals surface area contributed by atoms with Gasteiger partial charge < -0.3 is 20.1 Å². The van der Waals surface area contributed by atoms with Crippen LogP contribution >= 0.6 is 0 Å². The van der Waals surface area contributed by atoms with Gasteiger partial charge in [0.15, 0.2) is 11.5 Å². The average Bonchev–Trinajstić information content (AvgIpc) is 3.24. The third-order valence-corrected chi connectivity index (χ3v) is 5.41. The van der Waals surface area contributed by atoms with Crippen LogP contribution in [0.2, 0.25) is 0 Å². The fourth-order valence-electron chi connectivity index (χ4n) is 3.46. The number of anilines is 1. The number of carbonyl (C=O) groups is 3. The van der Waals surface area contributed by atoms with Gasteiger partial charge in [-0.3, -0.25) is 14.5 Å². The van der Waals surface area contributed by atoms with Crippen molar-refractivity contribution in [1.29, 1.82) is 0 Å². The van der Waals surface area contributed by atoms with Gasteiger partial charge in [0, 0.05) is 5.69 Å². The minimum atomic E-state index is -1.29. The minimum Gasteiger partial charge on any atom is -0.454 e. The fourth-order valence-corrected chi connectivity index (χ4v) is 3.46. The lowest BCUT2D eigenvalue weighted by Crippen LogP contribution is -2.42. The zero-order valence-corrected chi connectivity index (χ0v) is 16.4. The Bertz CT molecular complexity index is 1030. The van der Waals surface area contributed by atoms with Crippen LogP contribution in [0.1, 0.15) is 23.6 Å². The van der Waals surface area contributed by atoms with Crippen LogP contribution in [-0.2, 0) is 15.1 Å². The molecule has 0 spiro atoms. The molecule has 2 aliphatic rings. The van der Waals surface area contributed by atoms with Crippen LogP contribution in [0, 0.1) is 13.8 Å². The van der Waals surface area contributed by atoms with Gasteiger partial charge in [0.1, 0.15) is 12.1 Å². The number of imide groups is 1. The second-order valence-corrected chi connectivity index (χ2v) is 7.31. The van der Waals surface area contributed by atoms with E-state index in [0.717, 1.165) is 16.0 Å². The zero-order valence-electron chi connectivity index (χ0n) is 16.4. The Hall–Kier alpha value is -3.55. The third-order valence-electron chi connectivity index (χ3n) is 5.41. The molecule has 2 aliphatic heterocycles. The number of ether oxygens (including phenoxy) is 2. The first-order chi connectivity index (χ1) is 13.8. The van der Waals surface area contributed by atoms with Crippen molar-refractivity contribution in [2.45, 2.75) is 26.3 Å². The van der Waals surface area contributed by atoms with Crippen LogP contribution in [0.3, 0.4) is 0 Å². The summed E-state index contributed by atoms with van der Waals surface area (Å²) in [6, 6.07) is 10.0. The highest BCUT2D eigenvalue weighted by atomic mass is 16.7. The summed E-state index contributed by atoms with van der Waals surface area (Å²) in [7, 11) is 0. The summed E-state index contributed by atoms with van der Waals surface area (Å²) in [5, 5.41) is 5.46. The summed E-state index contributed by atoms with van der Waals surface area (Å²) < 4.78 is 10.6. The molecule has 2 N–H and O–H groups in total. The van der Waals surface area contributed by atoms with Gasteiger partial charge in [-0.2, -0.15) is 0 Å². The normalized spacial score (nSPS) is 20.0. The first-order valence-corrected chi connectivity index (χ1v) is 9.20. The molecule has 1 atom stereocenters. The average molecular weight is 395 g/mol. The van der Waals surface area contributed by atoms with Gasteiger partial charge in [0.05, 0.1) is 0 Å². The van der Waals surface area contributed by atoms with E-state index in [4.69, 9.17) is 9.47 Å². The Balaban J connectivity index is 1.52. The van der Waals surface area contributed by atoms with Crippen molar-refractivity contribution in [3.63, 3.8) is 0 Å². The molecule has 0 radical (unpaired) electrons. The lowest BCUT2D eigenvalue weighted by atomic mass is 9.91. The molecule has 4 rings (SSSR count). The molecule has 2 heterocycles. The van der Waals surface area contributed by atoms with E-state index in [-0.39, 0.29) is 13.3 Å². The zero-order chi connectivity index (χ0) is 20.8. The molecular formula is C21H21N3O5. The molecule has 1 fully saturated rings. The van der Waals surface area contributed by atoms with E-state index in [1.54, 1.807) is 31.2 Å². The Morgan fingerprint density at radius 3 is 2.72 bits per heavy atom. The van der Waals surface area contributed by atoms with E-state index >= 15 is 0 Å². The van der Waals surface area contributed by atoms with Crippen molar-refractivity contribution >= 4 is 23.5 Å². The SMILES string of the molecule is Cc1cccc(NC(=O)CN2C(=O)N[C@](C)(c3ccc4c(c3)OCO4)C2=O)c1C. The Kier molecular flexibility index (Phi) is 4.41. The highest BCUT2D eigenvalue weighted by molar-refractivity contribution is 6.10. The van der Waals surface area contributed by atoms with Crippen molar-refractivity contribution in [1.82, 2.24) is 10.2 Å². The van der Waals surface area contributed by atoms with Gasteiger partial charge in [0.2, 0.25) is 12.7 Å². The molecule has 4 amide bonds. The number of urea groups is 1. The van der Waals surface area contributed by atoms with Gasteiger partial charge in [0.25, 0.3) is 5.91 Å². The maximum Gasteiger partial charge on any atom is 0.325 e. The van der Waals surface area contributed by atoms with E-state index < -0.39 is 23.4 Å². The second-order valence-electron chi connectivity index (χ2n) is 7.31. The van der Waals surface area contributed by atoms with E-state index in [1.807, 2.05) is 26.0 Å². The summed E-state index contributed by atoms with van der Waals surface area (Å²) >= 11 is 0. The molecule has 0 aromatic heterocycles. The maximum atomic E-state index is 13.0. The molecule has 1 saturated heterocycles. The molecule has 0 unspecified atom stereocenters. The minimum absolute atomic E-state index is 0.112. The molecule has 29 heavy (non-hydrogen) atoms. The maximum absolute atomic E-state index is 13.0. The third kappa shape index (κ3) is 3.16. The molecule has 2 aromatic rings. The lowest BCUT2D eigenvalue weighted by Gasteiger charge is -2.22. The number of nitrogens with one attached hydrogen (secondary N) is 2. The van der Waals surface area contributed by atoms with Crippen molar-refractivity contribution in [3.8, 4) is 11.5 Å². The largest absolute Gasteiger partial charge is 0.454 e. The van der Waals surface area contributed by atoms with Crippen LogP contribution < -0.4 is 20.1 Å². The second kappa shape index (κ2) is 6.80. The summed E-state index contributed by atoms with van der Waals surface area (Å²) in [4.78, 5) is 38.9. The molecule has 8 heteroatoms. The van der Waals surface area contributed by atoms with Gasteiger partial charge in [-0.05, 0) is 55.7 Å². The summed E-state index contributed by atoms with van der Waals surface area (Å²) in [6.07, 6.45) is 0. The van der Waals surface area contributed by atoms with Gasteiger partial charge >= 0.3 is 6.03 Å². The van der Waals surface area contributed by atoms with Crippen molar-refractivity contribution in [2.24, 2.45) is 0 Å². The Morgan fingerprint density at radius 1 is 1.17 bits per heavy atom. The van der Waals surface area contributed by atoms with Crippen molar-refractivity contribution in [2.75, 3.05) is 18.7 Å². The molecule has 2 aromatic carbocycles. The Morgan fingerprint density at radius 2 is 1.93 bits per heavy atom. The molecule has 8 nitrogen and oxygen atoms in total. The number of aryl methyl sites for hydroxylation is 1. The van der Waals surface area contributed by atoms with Gasteiger partial charge in [-0.15, -0.1) is 0 Å². The molecule has 0 bridgehead atoms. The van der Waals surface area contributed by atoms with Crippen LogP contribution in [0.4, 0.5) is 10.5 Å². The predicted octanol–water partition coefficient (Wildman–Crippen LogP) is 2.44. The highest BCUT2D eigenvalue weighted by Crippen LogP contribution is 2.37. The van der Waals surface area contributed by atoms with E-state index in [0.29, 0.717) is 22.7 Å². The topological polar surface area (TPSA) is 97.0 Å². The number of hydrogen-bond acceptors (Lipinski definition) is 5. The monoisotopic (exact) mass is 395 g/mol. The molecule has 150 valence electrons. The number of amides is 4. The highest BCUT2D eigenvalue weighted by Gasteiger charge is 2.49. The molecular weight excluding hydrogens is 374 g/mol. The quantitative estimate of drug-likeness (QED) is 0.775. The van der Waals surface area contributed by atoms with E-state index in [1.165, 1.54) is 0 Å².